The Morgan fingerprint density at radius 1 is 1.04 bits per heavy atom. The molecule has 0 saturated carbocycles. The molecule has 0 aromatic carbocycles. The van der Waals surface area contributed by atoms with Crippen molar-refractivity contribution >= 4 is 18.1 Å². The number of ether oxygens (including phenoxy) is 2. The fourth-order valence-electron chi connectivity index (χ4n) is 2.51. The van der Waals surface area contributed by atoms with Gasteiger partial charge in [-0.15, -0.1) is 0 Å². The number of alkyl carbamates (subject to hydrolysis) is 1. The zero-order valence-electron chi connectivity index (χ0n) is 16.7. The van der Waals surface area contributed by atoms with Gasteiger partial charge in [-0.05, 0) is 33.6 Å². The minimum absolute atomic E-state index is 0.155. The Hall–Kier alpha value is -1.99. The van der Waals surface area contributed by atoms with Gasteiger partial charge in [0.15, 0.2) is 0 Å². The first-order valence-corrected chi connectivity index (χ1v) is 9.38. The lowest BCUT2D eigenvalue weighted by molar-refractivity contribution is -0.135. The molecular formula is C18H33N3O5. The number of nitrogens with zero attached hydrogens (tertiary/aromatic N) is 2. The Balaban J connectivity index is 2.47. The minimum atomic E-state index is -0.632. The average molecular weight is 371 g/mol. The van der Waals surface area contributed by atoms with Gasteiger partial charge < -0.3 is 24.6 Å². The maximum atomic E-state index is 12.6. The first kappa shape index (κ1) is 22.1. The standard InChI is InChI=1S/C18H33N3O5/c1-6-8-13-25-17(24)21-11-9-20(10-12-21)15(22)14(7-2)19-16(23)26-18(3,4)5/h14H,6-13H2,1-5H3,(H,19,23). The molecule has 1 fully saturated rings. The van der Waals surface area contributed by atoms with Crippen LogP contribution >= 0.6 is 0 Å². The highest BCUT2D eigenvalue weighted by Gasteiger charge is 2.30. The van der Waals surface area contributed by atoms with Crippen LogP contribution in [0.5, 0.6) is 0 Å². The number of hydrogen-bond donors (Lipinski definition) is 1. The third-order valence-electron chi connectivity index (χ3n) is 3.97. The number of unbranched alkanes of at least 4 members (excludes halogenated alkanes) is 1. The van der Waals surface area contributed by atoms with E-state index in [4.69, 9.17) is 9.47 Å². The smallest absolute Gasteiger partial charge is 0.409 e. The molecule has 1 aliphatic rings. The van der Waals surface area contributed by atoms with Crippen LogP contribution in [0.15, 0.2) is 0 Å². The van der Waals surface area contributed by atoms with Gasteiger partial charge in [-0.2, -0.15) is 0 Å². The van der Waals surface area contributed by atoms with Crippen LogP contribution in [0.4, 0.5) is 9.59 Å². The summed E-state index contributed by atoms with van der Waals surface area (Å²) in [6.07, 6.45) is 1.36. The molecule has 0 aromatic heterocycles. The second kappa shape index (κ2) is 10.2. The number of amides is 3. The highest BCUT2D eigenvalue weighted by Crippen LogP contribution is 2.10. The fourth-order valence-corrected chi connectivity index (χ4v) is 2.51. The Bertz CT molecular complexity index is 482. The lowest BCUT2D eigenvalue weighted by Gasteiger charge is -2.36. The molecule has 0 bridgehead atoms. The zero-order valence-corrected chi connectivity index (χ0v) is 16.7. The second-order valence-electron chi connectivity index (χ2n) is 7.39. The van der Waals surface area contributed by atoms with Crippen molar-refractivity contribution in [1.29, 1.82) is 0 Å². The zero-order chi connectivity index (χ0) is 19.7. The molecule has 3 amide bonds. The average Bonchev–Trinajstić information content (AvgIpc) is 2.57. The van der Waals surface area contributed by atoms with Gasteiger partial charge in [0.1, 0.15) is 11.6 Å². The van der Waals surface area contributed by atoms with Crippen molar-refractivity contribution in [1.82, 2.24) is 15.1 Å². The van der Waals surface area contributed by atoms with E-state index in [-0.39, 0.29) is 12.0 Å². The topological polar surface area (TPSA) is 88.2 Å². The second-order valence-corrected chi connectivity index (χ2v) is 7.39. The molecule has 1 aliphatic heterocycles. The minimum Gasteiger partial charge on any atom is -0.449 e. The van der Waals surface area contributed by atoms with Crippen molar-refractivity contribution < 1.29 is 23.9 Å². The molecule has 26 heavy (non-hydrogen) atoms. The summed E-state index contributed by atoms with van der Waals surface area (Å²) in [5.41, 5.74) is -0.616. The molecule has 1 heterocycles. The Morgan fingerprint density at radius 2 is 1.62 bits per heavy atom. The van der Waals surface area contributed by atoms with Crippen LogP contribution in [0.1, 0.15) is 53.9 Å². The molecule has 8 nitrogen and oxygen atoms in total. The summed E-state index contributed by atoms with van der Waals surface area (Å²) in [4.78, 5) is 39.8. The van der Waals surface area contributed by atoms with Crippen LogP contribution in [0.25, 0.3) is 0 Å². The van der Waals surface area contributed by atoms with E-state index in [9.17, 15) is 14.4 Å². The highest BCUT2D eigenvalue weighted by molar-refractivity contribution is 5.86. The van der Waals surface area contributed by atoms with E-state index >= 15 is 0 Å². The normalized spacial score (nSPS) is 16.0. The summed E-state index contributed by atoms with van der Waals surface area (Å²) in [5, 5.41) is 2.63. The van der Waals surface area contributed by atoms with Crippen molar-refractivity contribution in [3.63, 3.8) is 0 Å². The molecular weight excluding hydrogens is 338 g/mol. The lowest BCUT2D eigenvalue weighted by Crippen LogP contribution is -2.56. The van der Waals surface area contributed by atoms with Crippen LogP contribution in [0, 0.1) is 0 Å². The molecule has 1 N–H and O–H groups in total. The largest absolute Gasteiger partial charge is 0.449 e. The summed E-state index contributed by atoms with van der Waals surface area (Å²) in [5.74, 6) is -0.155. The van der Waals surface area contributed by atoms with Gasteiger partial charge >= 0.3 is 12.2 Å². The maximum Gasteiger partial charge on any atom is 0.409 e. The van der Waals surface area contributed by atoms with Gasteiger partial charge in [0.2, 0.25) is 5.91 Å². The van der Waals surface area contributed by atoms with Crippen molar-refractivity contribution in [2.24, 2.45) is 0 Å². The number of rotatable bonds is 6. The number of piperazine rings is 1. The number of carbonyl (C=O) groups excluding carboxylic acids is 3. The van der Waals surface area contributed by atoms with Gasteiger partial charge in [-0.3, -0.25) is 4.79 Å². The van der Waals surface area contributed by atoms with Gasteiger partial charge in [0, 0.05) is 26.2 Å². The predicted octanol–water partition coefficient (Wildman–Crippen LogP) is 2.37. The van der Waals surface area contributed by atoms with Crippen molar-refractivity contribution in [2.75, 3.05) is 32.8 Å². The summed E-state index contributed by atoms with van der Waals surface area (Å²) < 4.78 is 10.4. The molecule has 0 aliphatic carbocycles. The van der Waals surface area contributed by atoms with E-state index in [1.807, 2.05) is 13.8 Å². The lowest BCUT2D eigenvalue weighted by atomic mass is 10.1. The molecule has 8 heteroatoms. The molecule has 1 unspecified atom stereocenters. The van der Waals surface area contributed by atoms with E-state index in [0.29, 0.717) is 39.2 Å². The van der Waals surface area contributed by atoms with Gasteiger partial charge in [-0.25, -0.2) is 9.59 Å². The van der Waals surface area contributed by atoms with E-state index in [1.54, 1.807) is 30.6 Å². The van der Waals surface area contributed by atoms with Crippen LogP contribution in [0.3, 0.4) is 0 Å². The molecule has 0 radical (unpaired) electrons. The molecule has 1 rings (SSSR count). The quantitative estimate of drug-likeness (QED) is 0.724. The van der Waals surface area contributed by atoms with Gasteiger partial charge in [-0.1, -0.05) is 20.3 Å². The van der Waals surface area contributed by atoms with Gasteiger partial charge in [0.25, 0.3) is 0 Å². The predicted molar refractivity (Wildman–Crippen MR) is 97.9 cm³/mol. The van der Waals surface area contributed by atoms with Crippen LogP contribution in [-0.2, 0) is 14.3 Å². The highest BCUT2D eigenvalue weighted by atomic mass is 16.6. The third-order valence-corrected chi connectivity index (χ3v) is 3.97. The Morgan fingerprint density at radius 3 is 2.12 bits per heavy atom. The SMILES string of the molecule is CCCCOC(=O)N1CCN(C(=O)C(CC)NC(=O)OC(C)(C)C)CC1. The van der Waals surface area contributed by atoms with Crippen LogP contribution in [-0.4, -0.2) is 72.3 Å². The summed E-state index contributed by atoms with van der Waals surface area (Å²) >= 11 is 0. The summed E-state index contributed by atoms with van der Waals surface area (Å²) in [7, 11) is 0. The monoisotopic (exact) mass is 371 g/mol. The molecule has 0 aromatic rings. The van der Waals surface area contributed by atoms with Crippen LogP contribution in [0.2, 0.25) is 0 Å². The van der Waals surface area contributed by atoms with Crippen LogP contribution < -0.4 is 5.32 Å². The van der Waals surface area contributed by atoms with E-state index in [2.05, 4.69) is 5.32 Å². The molecule has 1 saturated heterocycles. The maximum absolute atomic E-state index is 12.6. The van der Waals surface area contributed by atoms with Gasteiger partial charge in [0.05, 0.1) is 6.61 Å². The number of carbonyl (C=O) groups is 3. The van der Waals surface area contributed by atoms with Crippen molar-refractivity contribution in [2.45, 2.75) is 65.5 Å². The molecule has 0 spiro atoms. The fraction of sp³-hybridized carbons (Fsp3) is 0.833. The van der Waals surface area contributed by atoms with E-state index in [1.165, 1.54) is 0 Å². The molecule has 1 atom stereocenters. The third kappa shape index (κ3) is 7.49. The molecule has 150 valence electrons. The summed E-state index contributed by atoms with van der Waals surface area (Å²) in [6.45, 7) is 11.3. The van der Waals surface area contributed by atoms with Crippen molar-refractivity contribution in [3.05, 3.63) is 0 Å². The Labute approximate surface area is 156 Å². The summed E-state index contributed by atoms with van der Waals surface area (Å²) in [6, 6.07) is -0.632. The van der Waals surface area contributed by atoms with Crippen molar-refractivity contribution in [3.8, 4) is 0 Å². The van der Waals surface area contributed by atoms with E-state index in [0.717, 1.165) is 12.8 Å². The first-order valence-electron chi connectivity index (χ1n) is 9.38. The van der Waals surface area contributed by atoms with E-state index < -0.39 is 17.7 Å². The Kier molecular flexibility index (Phi) is 8.68. The number of nitrogens with one attached hydrogen (secondary N) is 1. The first-order chi connectivity index (χ1) is 12.2. The number of hydrogen-bond acceptors (Lipinski definition) is 5.